The Morgan fingerprint density at radius 2 is 2.00 bits per heavy atom. The second-order valence-corrected chi connectivity index (χ2v) is 9.80. The van der Waals surface area contributed by atoms with Crippen LogP contribution in [0, 0.1) is 28.6 Å². The average molecular weight is 428 g/mol. The summed E-state index contributed by atoms with van der Waals surface area (Å²) in [4.78, 5) is 24.5. The zero-order valence-corrected chi connectivity index (χ0v) is 18.0. The van der Waals surface area contributed by atoms with Crippen LogP contribution in [0.15, 0.2) is 23.8 Å². The molecule has 4 aliphatic rings. The van der Waals surface area contributed by atoms with Gasteiger partial charge in [-0.15, -0.1) is 12.4 Å². The van der Waals surface area contributed by atoms with Crippen LogP contribution in [-0.4, -0.2) is 45.7 Å². The smallest absolute Gasteiger partial charge is 0.178 e. The van der Waals surface area contributed by atoms with E-state index >= 15 is 4.39 Å². The molecule has 0 aliphatic heterocycles. The van der Waals surface area contributed by atoms with Crippen molar-refractivity contribution in [1.29, 1.82) is 0 Å². The van der Waals surface area contributed by atoms with Crippen LogP contribution in [0.4, 0.5) is 4.39 Å². The van der Waals surface area contributed by atoms with Crippen LogP contribution in [0.3, 0.4) is 0 Å². The van der Waals surface area contributed by atoms with E-state index in [2.05, 4.69) is 0 Å². The highest BCUT2D eigenvalue weighted by atomic mass is 35.5. The zero-order valence-electron chi connectivity index (χ0n) is 17.2. The van der Waals surface area contributed by atoms with E-state index < -0.39 is 39.9 Å². The van der Waals surface area contributed by atoms with Crippen LogP contribution in [0.25, 0.3) is 0 Å². The summed E-state index contributed by atoms with van der Waals surface area (Å²) in [7, 11) is 0. The number of fused-ring (bicyclic) bond motifs is 5. The second-order valence-electron chi connectivity index (χ2n) is 9.80. The van der Waals surface area contributed by atoms with Gasteiger partial charge in [0.05, 0.1) is 12.6 Å². The first-order chi connectivity index (χ1) is 13.0. The molecule has 162 valence electrons. The Bertz CT molecular complexity index is 815. The van der Waals surface area contributed by atoms with Gasteiger partial charge < -0.3 is 15.9 Å². The number of nitrogens with two attached hydrogens (primary N) is 1. The van der Waals surface area contributed by atoms with Gasteiger partial charge >= 0.3 is 0 Å². The number of Topliss-reactive ketones (excluding diaryl/α,β-unsaturated/α-hetero) is 1. The van der Waals surface area contributed by atoms with Crippen molar-refractivity contribution < 1.29 is 24.2 Å². The number of alkyl halides is 1. The van der Waals surface area contributed by atoms with Crippen molar-refractivity contribution in [2.24, 2.45) is 34.3 Å². The predicted octanol–water partition coefficient (Wildman–Crippen LogP) is 2.28. The van der Waals surface area contributed by atoms with E-state index in [0.29, 0.717) is 19.3 Å². The second kappa shape index (κ2) is 6.71. The molecular formula is C22H31ClFNO4. The number of halogens is 2. The molecule has 8 atom stereocenters. The van der Waals surface area contributed by atoms with E-state index in [0.717, 1.165) is 5.57 Å². The minimum Gasteiger partial charge on any atom is -0.390 e. The van der Waals surface area contributed by atoms with Gasteiger partial charge in [0.15, 0.2) is 17.2 Å². The van der Waals surface area contributed by atoms with E-state index in [1.54, 1.807) is 13.0 Å². The molecule has 8 unspecified atom stereocenters. The summed E-state index contributed by atoms with van der Waals surface area (Å²) in [5.74, 6) is -1.71. The van der Waals surface area contributed by atoms with Crippen molar-refractivity contribution in [2.45, 2.75) is 63.8 Å². The maximum absolute atomic E-state index is 16.9. The van der Waals surface area contributed by atoms with Gasteiger partial charge in [-0.3, -0.25) is 9.59 Å². The largest absolute Gasteiger partial charge is 0.390 e. The quantitative estimate of drug-likeness (QED) is 0.627. The first kappa shape index (κ1) is 22.6. The number of hydrogen-bond acceptors (Lipinski definition) is 5. The van der Waals surface area contributed by atoms with Crippen molar-refractivity contribution in [3.63, 3.8) is 0 Å². The fourth-order valence-corrected chi connectivity index (χ4v) is 7.30. The molecule has 0 saturated heterocycles. The molecule has 0 aromatic carbocycles. The Morgan fingerprint density at radius 1 is 1.34 bits per heavy atom. The molecular weight excluding hydrogens is 397 g/mol. The van der Waals surface area contributed by atoms with E-state index in [-0.39, 0.29) is 43.0 Å². The normalized spacial score (nSPS) is 50.7. The van der Waals surface area contributed by atoms with Crippen LogP contribution in [0.2, 0.25) is 0 Å². The molecule has 3 saturated carbocycles. The summed E-state index contributed by atoms with van der Waals surface area (Å²) in [6, 6.07) is 0. The van der Waals surface area contributed by atoms with Gasteiger partial charge in [0, 0.05) is 16.7 Å². The lowest BCUT2D eigenvalue weighted by Gasteiger charge is -2.62. The van der Waals surface area contributed by atoms with Crippen LogP contribution >= 0.6 is 12.4 Å². The van der Waals surface area contributed by atoms with E-state index in [1.807, 2.05) is 13.8 Å². The van der Waals surface area contributed by atoms with Gasteiger partial charge in [-0.1, -0.05) is 25.5 Å². The molecule has 0 aromatic rings. The molecule has 0 amide bonds. The Labute approximate surface area is 177 Å². The SMILES string of the molecule is CC1CC2C3CCC4=CC(=O)C=CC4(C)C3(F)C(O)CC2(C)C1(O)C(=O)CN.Cl. The van der Waals surface area contributed by atoms with E-state index in [9.17, 15) is 19.8 Å². The highest BCUT2D eigenvalue weighted by Gasteiger charge is 2.75. The minimum absolute atomic E-state index is 0. The van der Waals surface area contributed by atoms with Gasteiger partial charge in [0.25, 0.3) is 0 Å². The summed E-state index contributed by atoms with van der Waals surface area (Å²) in [6.07, 6.45) is 4.70. The third kappa shape index (κ3) is 2.43. The molecule has 0 aromatic heterocycles. The first-order valence-electron chi connectivity index (χ1n) is 10.2. The van der Waals surface area contributed by atoms with Crippen molar-refractivity contribution in [3.8, 4) is 0 Å². The number of ketones is 2. The number of aliphatic hydroxyl groups is 2. The third-order valence-corrected chi connectivity index (χ3v) is 8.83. The molecule has 0 radical (unpaired) electrons. The van der Waals surface area contributed by atoms with Gasteiger partial charge in [-0.2, -0.15) is 0 Å². The summed E-state index contributed by atoms with van der Waals surface area (Å²) < 4.78 is 16.9. The Hall–Kier alpha value is -1.08. The van der Waals surface area contributed by atoms with Gasteiger partial charge in [0.1, 0.15) is 5.60 Å². The molecule has 5 nitrogen and oxygen atoms in total. The summed E-state index contributed by atoms with van der Waals surface area (Å²) in [5, 5.41) is 22.6. The van der Waals surface area contributed by atoms with Gasteiger partial charge in [-0.05, 0) is 56.6 Å². The number of hydrogen-bond donors (Lipinski definition) is 3. The number of carbonyl (C=O) groups is 2. The van der Waals surface area contributed by atoms with Crippen LogP contribution < -0.4 is 5.73 Å². The number of carbonyl (C=O) groups excluding carboxylic acids is 2. The van der Waals surface area contributed by atoms with Crippen molar-refractivity contribution in [2.75, 3.05) is 6.54 Å². The number of allylic oxidation sites excluding steroid dienone is 4. The van der Waals surface area contributed by atoms with E-state index in [1.165, 1.54) is 12.2 Å². The maximum Gasteiger partial charge on any atom is 0.178 e. The standard InChI is InChI=1S/C22H30FNO4.ClH/c1-12-8-16-15-5-4-13-9-14(25)6-7-19(13,2)21(15,23)17(26)10-20(16,3)22(12,28)18(27)11-24;/h6-7,9,12,15-17,26,28H,4-5,8,10-11,24H2,1-3H3;1H. The highest BCUT2D eigenvalue weighted by Crippen LogP contribution is 2.70. The van der Waals surface area contributed by atoms with E-state index in [4.69, 9.17) is 5.73 Å². The maximum atomic E-state index is 16.9. The molecule has 7 heteroatoms. The van der Waals surface area contributed by atoms with Crippen LogP contribution in [0.1, 0.15) is 46.5 Å². The molecule has 0 bridgehead atoms. The highest BCUT2D eigenvalue weighted by molar-refractivity contribution is 6.01. The summed E-state index contributed by atoms with van der Waals surface area (Å²) >= 11 is 0. The molecule has 4 N–H and O–H groups in total. The zero-order chi connectivity index (χ0) is 20.7. The lowest BCUT2D eigenvalue weighted by molar-refractivity contribution is -0.218. The predicted molar refractivity (Wildman–Crippen MR) is 109 cm³/mol. The van der Waals surface area contributed by atoms with Gasteiger partial charge in [-0.25, -0.2) is 4.39 Å². The summed E-state index contributed by atoms with van der Waals surface area (Å²) in [5.41, 5.74) is 0.711. The molecule has 29 heavy (non-hydrogen) atoms. The monoisotopic (exact) mass is 427 g/mol. The fourth-order valence-electron chi connectivity index (χ4n) is 7.30. The summed E-state index contributed by atoms with van der Waals surface area (Å²) in [6.45, 7) is 5.11. The lowest BCUT2D eigenvalue weighted by Crippen LogP contribution is -2.69. The molecule has 0 heterocycles. The number of aliphatic hydroxyl groups excluding tert-OH is 1. The first-order valence-corrected chi connectivity index (χ1v) is 10.2. The molecule has 4 aliphatic carbocycles. The molecule has 0 spiro atoms. The number of rotatable bonds is 2. The Morgan fingerprint density at radius 3 is 2.62 bits per heavy atom. The Kier molecular flexibility index (Phi) is 5.23. The van der Waals surface area contributed by atoms with Crippen molar-refractivity contribution in [3.05, 3.63) is 23.8 Å². The fraction of sp³-hybridized carbons (Fsp3) is 0.727. The molecule has 3 fully saturated rings. The van der Waals surface area contributed by atoms with Crippen LogP contribution in [0.5, 0.6) is 0 Å². The topological polar surface area (TPSA) is 101 Å². The lowest BCUT2D eigenvalue weighted by atomic mass is 9.44. The third-order valence-electron chi connectivity index (χ3n) is 8.83. The van der Waals surface area contributed by atoms with Crippen molar-refractivity contribution >= 4 is 24.0 Å². The minimum atomic E-state index is -1.95. The van der Waals surface area contributed by atoms with Crippen LogP contribution in [-0.2, 0) is 9.59 Å². The van der Waals surface area contributed by atoms with Gasteiger partial charge in [0.2, 0.25) is 0 Å². The van der Waals surface area contributed by atoms with Crippen molar-refractivity contribution in [1.82, 2.24) is 0 Å². The Balaban J connectivity index is 0.00000240. The average Bonchev–Trinajstić information content (AvgIpc) is 2.84. The molecule has 4 rings (SSSR count).